The molecule has 31 heavy (non-hydrogen) atoms. The fourth-order valence-corrected chi connectivity index (χ4v) is 4.65. The van der Waals surface area contributed by atoms with Crippen molar-refractivity contribution in [1.82, 2.24) is 30.2 Å². The summed E-state index contributed by atoms with van der Waals surface area (Å²) >= 11 is 0. The monoisotopic (exact) mass is 414 g/mol. The summed E-state index contributed by atoms with van der Waals surface area (Å²) in [6.45, 7) is 2.19. The van der Waals surface area contributed by atoms with Gasteiger partial charge >= 0.3 is 0 Å². The van der Waals surface area contributed by atoms with Gasteiger partial charge in [-0.05, 0) is 41.2 Å². The Kier molecular flexibility index (Phi) is 5.34. The van der Waals surface area contributed by atoms with E-state index in [1.807, 2.05) is 24.4 Å². The Bertz CT molecular complexity index is 1170. The summed E-state index contributed by atoms with van der Waals surface area (Å²) in [6, 6.07) is 16.8. The van der Waals surface area contributed by atoms with Gasteiger partial charge in [0.25, 0.3) is 0 Å². The third-order valence-corrected chi connectivity index (χ3v) is 6.15. The van der Waals surface area contributed by atoms with Gasteiger partial charge in [0.15, 0.2) is 0 Å². The summed E-state index contributed by atoms with van der Waals surface area (Å²) in [5.41, 5.74) is 5.30. The topological polar surface area (TPSA) is 92.5 Å². The number of benzene rings is 2. The number of aryl methyl sites for hydroxylation is 1. The van der Waals surface area contributed by atoms with Crippen LogP contribution in [0.4, 0.5) is 0 Å². The lowest BCUT2D eigenvalue weighted by atomic mass is 9.87. The molecule has 0 fully saturated rings. The van der Waals surface area contributed by atoms with Crippen molar-refractivity contribution in [3.8, 4) is 22.5 Å². The fraction of sp³-hybridized carbons (Fsp3) is 0.333. The molecule has 7 heteroatoms. The first kappa shape index (κ1) is 19.6. The molecular formula is C24H26N6O. The number of aliphatic hydroxyl groups is 1. The number of imidazole rings is 1. The molecule has 2 atom stereocenters. The highest BCUT2D eigenvalue weighted by atomic mass is 16.3. The molecule has 4 aromatic rings. The third kappa shape index (κ3) is 3.55. The van der Waals surface area contributed by atoms with E-state index in [9.17, 15) is 5.11 Å². The summed E-state index contributed by atoms with van der Waals surface area (Å²) in [6.07, 6.45) is 6.11. The van der Waals surface area contributed by atoms with Crippen LogP contribution in [0.1, 0.15) is 61.8 Å². The molecule has 0 unspecified atom stereocenters. The van der Waals surface area contributed by atoms with Gasteiger partial charge in [-0.25, -0.2) is 4.98 Å². The highest BCUT2D eigenvalue weighted by molar-refractivity contribution is 5.82. The lowest BCUT2D eigenvalue weighted by molar-refractivity contribution is 0.131. The predicted octanol–water partition coefficient (Wildman–Crippen LogP) is 4.49. The molecule has 7 nitrogen and oxygen atoms in total. The molecule has 0 spiro atoms. The van der Waals surface area contributed by atoms with E-state index in [1.54, 1.807) is 0 Å². The number of aromatic amines is 1. The van der Waals surface area contributed by atoms with Crippen LogP contribution >= 0.6 is 0 Å². The summed E-state index contributed by atoms with van der Waals surface area (Å²) < 4.78 is 2.28. The molecular weight excluding hydrogens is 388 g/mol. The van der Waals surface area contributed by atoms with Crippen molar-refractivity contribution in [2.24, 2.45) is 0 Å². The average Bonchev–Trinajstić information content (AvgIpc) is 3.49. The molecule has 0 amide bonds. The smallest absolute Gasteiger partial charge is 0.205 e. The molecule has 0 saturated carbocycles. The molecule has 3 heterocycles. The van der Waals surface area contributed by atoms with E-state index in [1.165, 1.54) is 5.56 Å². The van der Waals surface area contributed by atoms with Gasteiger partial charge in [-0.3, -0.25) is 0 Å². The minimum atomic E-state index is -0.460. The Morgan fingerprint density at radius 1 is 1.03 bits per heavy atom. The highest BCUT2D eigenvalue weighted by Gasteiger charge is 2.31. The first-order valence-corrected chi connectivity index (χ1v) is 10.9. The molecule has 1 aliphatic rings. The summed E-state index contributed by atoms with van der Waals surface area (Å²) in [4.78, 5) is 4.69. The van der Waals surface area contributed by atoms with Crippen LogP contribution in [0, 0.1) is 0 Å². The minimum Gasteiger partial charge on any atom is -0.387 e. The van der Waals surface area contributed by atoms with Crippen LogP contribution in [0.3, 0.4) is 0 Å². The number of tetrazole rings is 1. The lowest BCUT2D eigenvalue weighted by Gasteiger charge is -2.32. The first-order valence-electron chi connectivity index (χ1n) is 10.9. The molecule has 0 radical (unpaired) electrons. The molecule has 2 aromatic carbocycles. The molecule has 1 aliphatic heterocycles. The zero-order chi connectivity index (χ0) is 21.2. The quantitative estimate of drug-likeness (QED) is 0.485. The number of nitrogens with one attached hydrogen (secondary N) is 1. The second-order valence-corrected chi connectivity index (χ2v) is 8.05. The molecule has 2 N–H and O–H groups in total. The van der Waals surface area contributed by atoms with Crippen molar-refractivity contribution in [1.29, 1.82) is 0 Å². The average molecular weight is 415 g/mol. The molecule has 0 aliphatic carbocycles. The zero-order valence-electron chi connectivity index (χ0n) is 17.6. The Hall–Kier alpha value is -3.32. The van der Waals surface area contributed by atoms with Crippen molar-refractivity contribution in [2.75, 3.05) is 0 Å². The van der Waals surface area contributed by atoms with Crippen LogP contribution in [0.5, 0.6) is 0 Å². The van der Waals surface area contributed by atoms with Gasteiger partial charge in [0.05, 0.1) is 24.0 Å². The summed E-state index contributed by atoms with van der Waals surface area (Å²) in [7, 11) is 0. The van der Waals surface area contributed by atoms with Crippen LogP contribution in [0.15, 0.2) is 54.7 Å². The van der Waals surface area contributed by atoms with E-state index in [-0.39, 0.29) is 6.04 Å². The predicted molar refractivity (Wildman–Crippen MR) is 118 cm³/mol. The lowest BCUT2D eigenvalue weighted by Crippen LogP contribution is -2.24. The largest absolute Gasteiger partial charge is 0.387 e. The van der Waals surface area contributed by atoms with Gasteiger partial charge in [0.2, 0.25) is 5.82 Å². The number of unbranched alkanes of at least 4 members (excludes halogenated alkanes) is 1. The number of H-pyrrole nitrogens is 1. The van der Waals surface area contributed by atoms with Gasteiger partial charge in [-0.2, -0.15) is 5.21 Å². The van der Waals surface area contributed by atoms with E-state index in [2.05, 4.69) is 62.4 Å². The van der Waals surface area contributed by atoms with Gasteiger partial charge in [-0.1, -0.05) is 61.9 Å². The second kappa shape index (κ2) is 8.43. The normalized spacial score (nSPS) is 18.1. The third-order valence-electron chi connectivity index (χ3n) is 6.15. The molecule has 2 aromatic heterocycles. The number of rotatable bonds is 6. The van der Waals surface area contributed by atoms with E-state index >= 15 is 0 Å². The van der Waals surface area contributed by atoms with Gasteiger partial charge in [0.1, 0.15) is 5.82 Å². The van der Waals surface area contributed by atoms with Crippen molar-refractivity contribution in [2.45, 2.75) is 51.2 Å². The van der Waals surface area contributed by atoms with E-state index < -0.39 is 6.10 Å². The van der Waals surface area contributed by atoms with Gasteiger partial charge < -0.3 is 9.67 Å². The maximum atomic E-state index is 10.6. The number of aromatic nitrogens is 6. The maximum Gasteiger partial charge on any atom is 0.205 e. The molecule has 158 valence electrons. The Labute approximate surface area is 181 Å². The zero-order valence-corrected chi connectivity index (χ0v) is 17.6. The first-order chi connectivity index (χ1) is 15.3. The van der Waals surface area contributed by atoms with E-state index in [4.69, 9.17) is 4.98 Å². The van der Waals surface area contributed by atoms with Crippen LogP contribution in [-0.4, -0.2) is 35.3 Å². The fourth-order valence-electron chi connectivity index (χ4n) is 4.65. The Balaban J connectivity index is 1.65. The number of hydrogen-bond acceptors (Lipinski definition) is 5. The van der Waals surface area contributed by atoms with Crippen molar-refractivity contribution < 1.29 is 5.11 Å². The number of nitrogens with zero attached hydrogens (tertiary/aromatic N) is 5. The van der Waals surface area contributed by atoms with Crippen LogP contribution in [0.2, 0.25) is 0 Å². The van der Waals surface area contributed by atoms with Crippen LogP contribution in [-0.2, 0) is 6.42 Å². The SMILES string of the molecule is CCCCc1ncc2n1[C@H](c1ccccc1-c1ccccc1-c1nn[nH]n1)CC[C@H]2O. The summed E-state index contributed by atoms with van der Waals surface area (Å²) in [5.74, 6) is 1.64. The number of fused-ring (bicyclic) bond motifs is 1. The number of aliphatic hydroxyl groups excluding tert-OH is 1. The van der Waals surface area contributed by atoms with E-state index in [0.29, 0.717) is 5.82 Å². The standard InChI is InChI=1S/C24H26N6O/c1-2-3-12-23-25-15-21-22(31)14-13-20(30(21)23)18-10-6-4-8-16(18)17-9-5-7-11-19(17)24-26-28-29-27-24/h4-11,15,20,22,31H,2-3,12-14H2,1H3,(H,26,27,28,29)/t20-,22+/m0/s1. The van der Waals surface area contributed by atoms with Crippen molar-refractivity contribution in [3.05, 3.63) is 71.8 Å². The maximum absolute atomic E-state index is 10.6. The van der Waals surface area contributed by atoms with Gasteiger partial charge in [0, 0.05) is 12.0 Å². The van der Waals surface area contributed by atoms with Gasteiger partial charge in [-0.15, -0.1) is 10.2 Å². The number of hydrogen-bond donors (Lipinski definition) is 2. The van der Waals surface area contributed by atoms with Crippen molar-refractivity contribution in [3.63, 3.8) is 0 Å². The molecule has 0 bridgehead atoms. The van der Waals surface area contributed by atoms with Crippen LogP contribution in [0.25, 0.3) is 22.5 Å². The Morgan fingerprint density at radius 3 is 2.58 bits per heavy atom. The second-order valence-electron chi connectivity index (χ2n) is 8.05. The minimum absolute atomic E-state index is 0.127. The molecule has 0 saturated heterocycles. The van der Waals surface area contributed by atoms with Crippen molar-refractivity contribution >= 4 is 0 Å². The summed E-state index contributed by atoms with van der Waals surface area (Å²) in [5, 5.41) is 25.3. The highest BCUT2D eigenvalue weighted by Crippen LogP contribution is 2.42. The van der Waals surface area contributed by atoms with E-state index in [0.717, 1.165) is 60.3 Å². The molecule has 5 rings (SSSR count). The Morgan fingerprint density at radius 2 is 1.81 bits per heavy atom. The van der Waals surface area contributed by atoms with Crippen LogP contribution < -0.4 is 0 Å².